The van der Waals surface area contributed by atoms with Gasteiger partial charge in [-0.1, -0.05) is 176 Å². The molecule has 0 aliphatic carbocycles. The first-order chi connectivity index (χ1) is 31.8. The maximum absolute atomic E-state index is 2.56. The molecule has 0 N–H and O–H groups in total. The zero-order valence-corrected chi connectivity index (χ0v) is 35.0. The summed E-state index contributed by atoms with van der Waals surface area (Å²) in [4.78, 5) is 5.06. The van der Waals surface area contributed by atoms with Gasteiger partial charge in [-0.3, -0.25) is 0 Å². The van der Waals surface area contributed by atoms with Crippen molar-refractivity contribution in [2.45, 2.75) is 0 Å². The molecule has 0 amide bonds. The molecule has 298 valence electrons. The molecule has 4 heteroatoms. The van der Waals surface area contributed by atoms with Crippen LogP contribution < -0.4 is 26.2 Å². The summed E-state index contributed by atoms with van der Waals surface area (Å²) >= 11 is 0. The molecule has 0 unspecified atom stereocenters. The highest BCUT2D eigenvalue weighted by Crippen LogP contribution is 2.48. The van der Waals surface area contributed by atoms with Gasteiger partial charge in [-0.2, -0.15) is 0 Å². The number of anilines is 6. The van der Waals surface area contributed by atoms with Gasteiger partial charge >= 0.3 is 0 Å². The van der Waals surface area contributed by atoms with E-state index in [2.05, 4.69) is 257 Å². The molecule has 10 aromatic carbocycles. The number of nitrogens with zero attached hydrogens (tertiary/aromatic N) is 3. The lowest BCUT2D eigenvalue weighted by Crippen LogP contribution is -2.61. The minimum Gasteiger partial charge on any atom is -0.311 e. The second kappa shape index (κ2) is 14.6. The molecule has 3 heterocycles. The van der Waals surface area contributed by atoms with Crippen LogP contribution in [0.4, 0.5) is 34.1 Å². The Balaban J connectivity index is 1.11. The molecular formula is C60H40BN3. The first-order valence-electron chi connectivity index (χ1n) is 22.1. The monoisotopic (exact) mass is 813 g/mol. The van der Waals surface area contributed by atoms with E-state index in [0.29, 0.717) is 0 Å². The highest BCUT2D eigenvalue weighted by molar-refractivity contribution is 7.00. The number of rotatable bonds is 6. The van der Waals surface area contributed by atoms with Crippen molar-refractivity contribution < 1.29 is 0 Å². The van der Waals surface area contributed by atoms with Gasteiger partial charge in [0.15, 0.2) is 0 Å². The second-order valence-electron chi connectivity index (χ2n) is 16.9. The van der Waals surface area contributed by atoms with Gasteiger partial charge in [0.25, 0.3) is 6.71 Å². The van der Waals surface area contributed by atoms with Crippen LogP contribution in [-0.4, -0.2) is 11.3 Å². The predicted molar refractivity (Wildman–Crippen MR) is 271 cm³/mol. The van der Waals surface area contributed by atoms with Crippen LogP contribution in [0.15, 0.2) is 243 Å². The van der Waals surface area contributed by atoms with Crippen molar-refractivity contribution in [2.75, 3.05) is 9.80 Å². The van der Waals surface area contributed by atoms with Gasteiger partial charge in [-0.05, 0) is 116 Å². The zero-order chi connectivity index (χ0) is 42.1. The van der Waals surface area contributed by atoms with E-state index in [1.807, 2.05) is 0 Å². The number of fused-ring (bicyclic) bond motifs is 8. The summed E-state index contributed by atoms with van der Waals surface area (Å²) in [6, 6.07) is 89.0. The highest BCUT2D eigenvalue weighted by atomic mass is 15.2. The van der Waals surface area contributed by atoms with Crippen molar-refractivity contribution in [1.29, 1.82) is 0 Å². The van der Waals surface area contributed by atoms with E-state index < -0.39 is 0 Å². The Morgan fingerprint density at radius 2 is 0.797 bits per heavy atom. The summed E-state index contributed by atoms with van der Waals surface area (Å²) in [6.45, 7) is -0.0391. The normalized spacial score (nSPS) is 12.6. The maximum atomic E-state index is 2.56. The van der Waals surface area contributed by atoms with Gasteiger partial charge in [-0.25, -0.2) is 0 Å². The van der Waals surface area contributed by atoms with E-state index in [9.17, 15) is 0 Å². The molecule has 3 nitrogen and oxygen atoms in total. The van der Waals surface area contributed by atoms with Crippen molar-refractivity contribution in [2.24, 2.45) is 0 Å². The Morgan fingerprint density at radius 3 is 1.42 bits per heavy atom. The summed E-state index contributed by atoms with van der Waals surface area (Å²) in [5.74, 6) is 0. The quantitative estimate of drug-likeness (QED) is 0.155. The smallest absolute Gasteiger partial charge is 0.252 e. The van der Waals surface area contributed by atoms with Gasteiger partial charge < -0.3 is 14.4 Å². The average molecular weight is 814 g/mol. The van der Waals surface area contributed by atoms with Crippen molar-refractivity contribution in [3.8, 4) is 39.1 Å². The fourth-order valence-corrected chi connectivity index (χ4v) is 10.6. The lowest BCUT2D eigenvalue weighted by atomic mass is 9.33. The van der Waals surface area contributed by atoms with Crippen LogP contribution in [0.2, 0.25) is 0 Å². The molecule has 0 fully saturated rings. The molecule has 0 bridgehead atoms. The third kappa shape index (κ3) is 5.63. The zero-order valence-electron chi connectivity index (χ0n) is 35.0. The minimum absolute atomic E-state index is 0.0391. The van der Waals surface area contributed by atoms with E-state index in [0.717, 1.165) is 17.1 Å². The summed E-state index contributed by atoms with van der Waals surface area (Å²) in [6.07, 6.45) is 0. The molecule has 11 aromatic rings. The third-order valence-electron chi connectivity index (χ3n) is 13.4. The van der Waals surface area contributed by atoms with E-state index in [1.54, 1.807) is 0 Å². The Morgan fingerprint density at radius 1 is 0.297 bits per heavy atom. The van der Waals surface area contributed by atoms with Crippen LogP contribution in [0.3, 0.4) is 0 Å². The van der Waals surface area contributed by atoms with Crippen LogP contribution in [0.1, 0.15) is 0 Å². The van der Waals surface area contributed by atoms with Crippen molar-refractivity contribution in [3.63, 3.8) is 0 Å². The molecule has 0 spiro atoms. The Bertz CT molecular complexity index is 3530. The number of hydrogen-bond acceptors (Lipinski definition) is 2. The predicted octanol–water partition coefficient (Wildman–Crippen LogP) is 13.9. The molecule has 2 aliphatic heterocycles. The minimum atomic E-state index is -0.0391. The fraction of sp³-hybridized carbons (Fsp3) is 0. The van der Waals surface area contributed by atoms with Crippen molar-refractivity contribution in [1.82, 2.24) is 4.57 Å². The molecule has 0 saturated carbocycles. The van der Waals surface area contributed by atoms with Gasteiger partial charge in [0.05, 0.1) is 16.7 Å². The maximum Gasteiger partial charge on any atom is 0.252 e. The molecule has 64 heavy (non-hydrogen) atoms. The van der Waals surface area contributed by atoms with Gasteiger partial charge in [0.1, 0.15) is 0 Å². The summed E-state index contributed by atoms with van der Waals surface area (Å²) in [5.41, 5.74) is 21.7. The van der Waals surface area contributed by atoms with E-state index in [1.165, 1.54) is 94.3 Å². The van der Waals surface area contributed by atoms with Crippen molar-refractivity contribution >= 4 is 79.0 Å². The summed E-state index contributed by atoms with van der Waals surface area (Å²) < 4.78 is 2.44. The van der Waals surface area contributed by atoms with E-state index in [-0.39, 0.29) is 6.71 Å². The van der Waals surface area contributed by atoms with Crippen LogP contribution in [0.5, 0.6) is 0 Å². The highest BCUT2D eigenvalue weighted by Gasteiger charge is 2.44. The topological polar surface area (TPSA) is 11.4 Å². The third-order valence-corrected chi connectivity index (χ3v) is 13.4. The molecule has 0 saturated heterocycles. The lowest BCUT2D eigenvalue weighted by Gasteiger charge is -2.44. The van der Waals surface area contributed by atoms with Crippen LogP contribution in [0, 0.1) is 0 Å². The largest absolute Gasteiger partial charge is 0.311 e. The standard InChI is InChI=1S/C60H40BN3/c1-5-16-41(17-6-1)44-28-33-48(34-29-44)63-54-38-32-46(43-20-9-3-10-21-43)40-52(54)61-51-37-39-55-58(50-24-13-14-25-53(50)62(55)47-22-11-4-12-23-47)60(51)64(57-27-15-26-56(63)59(57)61)49-35-30-45(31-36-49)42-18-7-2-8-19-42/h1-40H. The number of hydrogen-bond donors (Lipinski definition) is 0. The fourth-order valence-electron chi connectivity index (χ4n) is 10.6. The van der Waals surface area contributed by atoms with Crippen LogP contribution >= 0.6 is 0 Å². The lowest BCUT2D eigenvalue weighted by molar-refractivity contribution is 1.18. The summed E-state index contributed by atoms with van der Waals surface area (Å²) in [7, 11) is 0. The summed E-state index contributed by atoms with van der Waals surface area (Å²) in [5, 5.41) is 2.48. The Labute approximate surface area is 373 Å². The second-order valence-corrected chi connectivity index (χ2v) is 16.9. The number of benzene rings is 10. The average Bonchev–Trinajstić information content (AvgIpc) is 3.72. The van der Waals surface area contributed by atoms with Crippen molar-refractivity contribution in [3.05, 3.63) is 243 Å². The SMILES string of the molecule is c1ccc(-c2ccc(N3c4ccc(-c5ccccc5)cc4B4c5ccc6c(c5N(c5ccc(-c7ccccc7)cc5)c5cccc3c54)c3ccccc3n6-c3ccccc3)cc2)cc1. The first kappa shape index (κ1) is 36.3. The Kier molecular flexibility index (Phi) is 8.32. The van der Waals surface area contributed by atoms with Gasteiger partial charge in [0.2, 0.25) is 0 Å². The van der Waals surface area contributed by atoms with Crippen LogP contribution in [0.25, 0.3) is 60.9 Å². The number of para-hydroxylation sites is 2. The molecule has 2 aliphatic rings. The molecule has 1 aromatic heterocycles. The molecular weight excluding hydrogens is 773 g/mol. The van der Waals surface area contributed by atoms with E-state index >= 15 is 0 Å². The molecule has 0 atom stereocenters. The number of aromatic nitrogens is 1. The molecule has 0 radical (unpaired) electrons. The van der Waals surface area contributed by atoms with E-state index in [4.69, 9.17) is 0 Å². The first-order valence-corrected chi connectivity index (χ1v) is 22.1. The van der Waals surface area contributed by atoms with Gasteiger partial charge in [-0.15, -0.1) is 0 Å². The van der Waals surface area contributed by atoms with Crippen LogP contribution in [-0.2, 0) is 0 Å². The van der Waals surface area contributed by atoms with Gasteiger partial charge in [0, 0.05) is 44.9 Å². The Hall–Kier alpha value is -8.34. The molecule has 13 rings (SSSR count).